The van der Waals surface area contributed by atoms with Crippen LogP contribution in [0, 0.1) is 11.6 Å². The van der Waals surface area contributed by atoms with Gasteiger partial charge in [0, 0.05) is 17.8 Å². The molecule has 0 aliphatic carbocycles. The largest absolute Gasteiger partial charge is 0.348 e. The summed E-state index contributed by atoms with van der Waals surface area (Å²) >= 11 is 0. The molecule has 2 aromatic rings. The predicted octanol–water partition coefficient (Wildman–Crippen LogP) is 3.14. The lowest BCUT2D eigenvalue weighted by molar-refractivity contribution is 0.0934. The molecule has 2 amide bonds. The van der Waals surface area contributed by atoms with Crippen LogP contribution in [-0.4, -0.2) is 22.8 Å². The first-order chi connectivity index (χ1) is 11.4. The third kappa shape index (κ3) is 4.13. The normalized spacial score (nSPS) is 11.7. The fourth-order valence-electron chi connectivity index (χ4n) is 1.90. The Morgan fingerprint density at radius 1 is 1.17 bits per heavy atom. The molecule has 5 nitrogen and oxygen atoms in total. The van der Waals surface area contributed by atoms with E-state index in [1.807, 2.05) is 13.8 Å². The summed E-state index contributed by atoms with van der Waals surface area (Å²) in [5, 5.41) is 4.89. The number of halogens is 2. The van der Waals surface area contributed by atoms with Crippen molar-refractivity contribution >= 4 is 17.5 Å². The Bertz CT molecular complexity index is 745. The third-order valence-corrected chi connectivity index (χ3v) is 3.45. The van der Waals surface area contributed by atoms with E-state index in [1.165, 1.54) is 24.4 Å². The number of benzene rings is 1. The van der Waals surface area contributed by atoms with Gasteiger partial charge in [0.2, 0.25) is 0 Å². The molecular weight excluding hydrogens is 316 g/mol. The van der Waals surface area contributed by atoms with E-state index in [9.17, 15) is 18.4 Å². The Hall–Kier alpha value is -2.83. The minimum atomic E-state index is -0.882. The van der Waals surface area contributed by atoms with Crippen molar-refractivity contribution in [3.8, 4) is 0 Å². The molecule has 24 heavy (non-hydrogen) atoms. The van der Waals surface area contributed by atoms with E-state index >= 15 is 0 Å². The number of pyridine rings is 1. The number of hydrogen-bond acceptors (Lipinski definition) is 3. The first-order valence-electron chi connectivity index (χ1n) is 7.44. The molecule has 7 heteroatoms. The van der Waals surface area contributed by atoms with E-state index in [0.717, 1.165) is 18.6 Å². The van der Waals surface area contributed by atoms with Crippen LogP contribution in [0.4, 0.5) is 14.5 Å². The summed E-state index contributed by atoms with van der Waals surface area (Å²) in [7, 11) is 0. The van der Waals surface area contributed by atoms with Crippen LogP contribution in [0.25, 0.3) is 0 Å². The molecule has 2 rings (SSSR count). The minimum Gasteiger partial charge on any atom is -0.348 e. The highest BCUT2D eigenvalue weighted by atomic mass is 19.1. The lowest BCUT2D eigenvalue weighted by Gasteiger charge is -2.11. The van der Waals surface area contributed by atoms with Crippen molar-refractivity contribution in [1.29, 1.82) is 0 Å². The number of aromatic nitrogens is 1. The molecular formula is C17H17F2N3O2. The van der Waals surface area contributed by atoms with Crippen LogP contribution in [0.15, 0.2) is 36.5 Å². The zero-order valence-electron chi connectivity index (χ0n) is 13.3. The topological polar surface area (TPSA) is 71.1 Å². The fraction of sp³-hybridized carbons (Fsp3) is 0.235. The van der Waals surface area contributed by atoms with Gasteiger partial charge in [-0.3, -0.25) is 14.6 Å². The smallest absolute Gasteiger partial charge is 0.270 e. The highest BCUT2D eigenvalue weighted by Crippen LogP contribution is 2.19. The molecule has 126 valence electrons. The molecule has 1 unspecified atom stereocenters. The Morgan fingerprint density at radius 2 is 1.83 bits per heavy atom. The van der Waals surface area contributed by atoms with Crippen LogP contribution in [0.2, 0.25) is 0 Å². The van der Waals surface area contributed by atoms with Gasteiger partial charge in [-0.1, -0.05) is 13.0 Å². The molecule has 2 N–H and O–H groups in total. The van der Waals surface area contributed by atoms with Crippen LogP contribution in [-0.2, 0) is 0 Å². The SMILES string of the molecule is CCC(C)NC(=O)c1cc(C(=O)Nc2c(F)cccc2F)ccn1. The van der Waals surface area contributed by atoms with E-state index in [4.69, 9.17) is 0 Å². The number of hydrogen-bond donors (Lipinski definition) is 2. The van der Waals surface area contributed by atoms with Crippen LogP contribution >= 0.6 is 0 Å². The number of amides is 2. The standard InChI is InChI=1S/C17H17F2N3O2/c1-3-10(2)21-17(24)14-9-11(7-8-20-14)16(23)22-15-12(18)5-4-6-13(15)19/h4-10H,3H2,1-2H3,(H,21,24)(H,22,23). The van der Waals surface area contributed by atoms with Gasteiger partial charge >= 0.3 is 0 Å². The predicted molar refractivity (Wildman–Crippen MR) is 85.8 cm³/mol. The van der Waals surface area contributed by atoms with Crippen molar-refractivity contribution in [2.24, 2.45) is 0 Å². The Morgan fingerprint density at radius 3 is 2.46 bits per heavy atom. The summed E-state index contributed by atoms with van der Waals surface area (Å²) in [4.78, 5) is 28.1. The summed E-state index contributed by atoms with van der Waals surface area (Å²) in [6.07, 6.45) is 2.04. The van der Waals surface area contributed by atoms with E-state index < -0.39 is 29.1 Å². The van der Waals surface area contributed by atoms with Gasteiger partial charge < -0.3 is 10.6 Å². The molecule has 0 aliphatic heterocycles. The van der Waals surface area contributed by atoms with Crippen molar-refractivity contribution in [3.05, 3.63) is 59.4 Å². The molecule has 0 spiro atoms. The van der Waals surface area contributed by atoms with E-state index in [-0.39, 0.29) is 17.3 Å². The van der Waals surface area contributed by atoms with Crippen molar-refractivity contribution in [2.75, 3.05) is 5.32 Å². The highest BCUT2D eigenvalue weighted by Gasteiger charge is 2.16. The number of carbonyl (C=O) groups is 2. The minimum absolute atomic E-state index is 0.0377. The number of carbonyl (C=O) groups excluding carboxylic acids is 2. The molecule has 0 aliphatic rings. The number of rotatable bonds is 5. The van der Waals surface area contributed by atoms with Crippen molar-refractivity contribution in [1.82, 2.24) is 10.3 Å². The monoisotopic (exact) mass is 333 g/mol. The zero-order valence-corrected chi connectivity index (χ0v) is 13.3. The molecule has 1 atom stereocenters. The molecule has 0 radical (unpaired) electrons. The molecule has 1 aromatic heterocycles. The average molecular weight is 333 g/mol. The van der Waals surface area contributed by atoms with Crippen LogP contribution in [0.5, 0.6) is 0 Å². The first kappa shape index (κ1) is 17.5. The molecule has 0 saturated carbocycles. The first-order valence-corrected chi connectivity index (χ1v) is 7.44. The fourth-order valence-corrected chi connectivity index (χ4v) is 1.90. The van der Waals surface area contributed by atoms with Crippen molar-refractivity contribution in [3.63, 3.8) is 0 Å². The van der Waals surface area contributed by atoms with Gasteiger partial charge in [0.15, 0.2) is 0 Å². The second-order valence-corrected chi connectivity index (χ2v) is 5.26. The molecule has 0 fully saturated rings. The quantitative estimate of drug-likeness (QED) is 0.883. The summed E-state index contributed by atoms with van der Waals surface area (Å²) in [6, 6.07) is 5.86. The van der Waals surface area contributed by atoms with Gasteiger partial charge in [0.05, 0.1) is 0 Å². The van der Waals surface area contributed by atoms with Crippen molar-refractivity contribution in [2.45, 2.75) is 26.3 Å². The Labute approximate surface area is 138 Å². The number of anilines is 1. The zero-order chi connectivity index (χ0) is 17.7. The summed E-state index contributed by atoms with van der Waals surface area (Å²) in [5.74, 6) is -2.92. The lowest BCUT2D eigenvalue weighted by Crippen LogP contribution is -2.32. The Balaban J connectivity index is 2.19. The maximum Gasteiger partial charge on any atom is 0.270 e. The van der Waals surface area contributed by atoms with Gasteiger partial charge in [-0.25, -0.2) is 8.78 Å². The summed E-state index contributed by atoms with van der Waals surface area (Å²) in [5.41, 5.74) is -0.413. The molecule has 1 heterocycles. The molecule has 1 aromatic carbocycles. The average Bonchev–Trinajstić information content (AvgIpc) is 2.58. The highest BCUT2D eigenvalue weighted by molar-refractivity contribution is 6.05. The van der Waals surface area contributed by atoms with E-state index in [2.05, 4.69) is 15.6 Å². The summed E-state index contributed by atoms with van der Waals surface area (Å²) in [6.45, 7) is 3.76. The van der Waals surface area contributed by atoms with Crippen LogP contribution < -0.4 is 10.6 Å². The van der Waals surface area contributed by atoms with Gasteiger partial charge in [-0.05, 0) is 37.6 Å². The van der Waals surface area contributed by atoms with E-state index in [0.29, 0.717) is 0 Å². The molecule has 0 saturated heterocycles. The van der Waals surface area contributed by atoms with Gasteiger partial charge in [-0.15, -0.1) is 0 Å². The number of para-hydroxylation sites is 1. The maximum atomic E-state index is 13.6. The van der Waals surface area contributed by atoms with Crippen LogP contribution in [0.3, 0.4) is 0 Å². The van der Waals surface area contributed by atoms with Gasteiger partial charge in [0.1, 0.15) is 23.0 Å². The van der Waals surface area contributed by atoms with E-state index in [1.54, 1.807) is 0 Å². The number of nitrogens with one attached hydrogen (secondary N) is 2. The second kappa shape index (κ2) is 7.63. The second-order valence-electron chi connectivity index (χ2n) is 5.26. The lowest BCUT2D eigenvalue weighted by atomic mass is 10.2. The number of nitrogens with zero attached hydrogens (tertiary/aromatic N) is 1. The molecule has 0 bridgehead atoms. The summed E-state index contributed by atoms with van der Waals surface area (Å²) < 4.78 is 27.2. The van der Waals surface area contributed by atoms with Gasteiger partial charge in [-0.2, -0.15) is 0 Å². The van der Waals surface area contributed by atoms with Gasteiger partial charge in [0.25, 0.3) is 11.8 Å². The third-order valence-electron chi connectivity index (χ3n) is 3.45. The van der Waals surface area contributed by atoms with Crippen molar-refractivity contribution < 1.29 is 18.4 Å². The van der Waals surface area contributed by atoms with Crippen LogP contribution in [0.1, 0.15) is 41.1 Å². The Kier molecular flexibility index (Phi) is 5.57. The maximum absolute atomic E-state index is 13.6.